The van der Waals surface area contributed by atoms with E-state index in [0.29, 0.717) is 0 Å². The highest BCUT2D eigenvalue weighted by Gasteiger charge is 2.31. The molecule has 0 aromatic heterocycles. The first kappa shape index (κ1) is 14.1. The highest BCUT2D eigenvalue weighted by Crippen LogP contribution is 2.15. The van der Waals surface area contributed by atoms with Gasteiger partial charge in [0.05, 0.1) is 7.11 Å². The van der Waals surface area contributed by atoms with Crippen LogP contribution in [0.15, 0.2) is 30.0 Å². The third kappa shape index (κ3) is 2.99. The van der Waals surface area contributed by atoms with Gasteiger partial charge in [-0.2, -0.15) is 0 Å². The number of piperazine rings is 1. The van der Waals surface area contributed by atoms with Crippen LogP contribution in [0.2, 0.25) is 0 Å². The van der Waals surface area contributed by atoms with Gasteiger partial charge in [-0.1, -0.05) is 26.0 Å². The number of rotatable bonds is 3. The second-order valence-corrected chi connectivity index (χ2v) is 5.02. The molecule has 20 heavy (non-hydrogen) atoms. The molecule has 1 aromatic rings. The molecule has 0 bridgehead atoms. The number of methoxy groups -OCH3 is 1. The van der Waals surface area contributed by atoms with Crippen molar-refractivity contribution in [3.8, 4) is 5.75 Å². The third-order valence-electron chi connectivity index (χ3n) is 3.17. The van der Waals surface area contributed by atoms with Crippen molar-refractivity contribution >= 4 is 17.9 Å². The van der Waals surface area contributed by atoms with Crippen LogP contribution in [-0.2, 0) is 9.59 Å². The molecule has 0 spiro atoms. The average molecular weight is 274 g/mol. The number of hydrogen-bond acceptors (Lipinski definition) is 3. The Balaban J connectivity index is 2.18. The van der Waals surface area contributed by atoms with Gasteiger partial charge in [-0.3, -0.25) is 9.59 Å². The molecule has 2 rings (SSSR count). The Morgan fingerprint density at radius 1 is 1.20 bits per heavy atom. The topological polar surface area (TPSA) is 67.4 Å². The van der Waals surface area contributed by atoms with Crippen LogP contribution in [0, 0.1) is 5.92 Å². The average Bonchev–Trinajstić information content (AvgIpc) is 2.43. The van der Waals surface area contributed by atoms with Gasteiger partial charge in [0.1, 0.15) is 17.5 Å². The quantitative estimate of drug-likeness (QED) is 0.817. The lowest BCUT2D eigenvalue weighted by Gasteiger charge is -2.27. The minimum absolute atomic E-state index is 0.0569. The van der Waals surface area contributed by atoms with E-state index < -0.39 is 6.04 Å². The molecule has 0 radical (unpaired) electrons. The highest BCUT2D eigenvalue weighted by atomic mass is 16.5. The van der Waals surface area contributed by atoms with Crippen LogP contribution >= 0.6 is 0 Å². The van der Waals surface area contributed by atoms with Crippen LogP contribution in [0.1, 0.15) is 19.4 Å². The fraction of sp³-hybridized carbons (Fsp3) is 0.333. The van der Waals surface area contributed by atoms with Gasteiger partial charge in [0.15, 0.2) is 0 Å². The second-order valence-electron chi connectivity index (χ2n) is 5.02. The highest BCUT2D eigenvalue weighted by molar-refractivity contribution is 6.07. The maximum absolute atomic E-state index is 12.0. The van der Waals surface area contributed by atoms with E-state index in [2.05, 4.69) is 10.6 Å². The maximum atomic E-state index is 12.0. The minimum Gasteiger partial charge on any atom is -0.497 e. The lowest BCUT2D eigenvalue weighted by atomic mass is 10.0. The van der Waals surface area contributed by atoms with E-state index in [1.54, 1.807) is 25.3 Å². The Bertz CT molecular complexity index is 547. The standard InChI is InChI=1S/C15H18N2O3/c1-9(2)13-15(19)16-12(14(18)17-13)8-10-4-6-11(20-3)7-5-10/h4-9,13H,1-3H3,(H,16,19)(H,17,18)/b12-8+/t13-/m0/s1. The molecular weight excluding hydrogens is 256 g/mol. The van der Waals surface area contributed by atoms with Crippen LogP contribution in [0.5, 0.6) is 5.75 Å². The van der Waals surface area contributed by atoms with Crippen LogP contribution in [0.25, 0.3) is 6.08 Å². The first-order chi connectivity index (χ1) is 9.51. The van der Waals surface area contributed by atoms with Gasteiger partial charge in [-0.15, -0.1) is 0 Å². The molecule has 106 valence electrons. The van der Waals surface area contributed by atoms with Crippen molar-refractivity contribution in [2.24, 2.45) is 5.92 Å². The monoisotopic (exact) mass is 274 g/mol. The molecule has 1 aliphatic heterocycles. The van der Waals surface area contributed by atoms with Gasteiger partial charge in [-0.25, -0.2) is 0 Å². The van der Waals surface area contributed by atoms with Crippen molar-refractivity contribution in [2.45, 2.75) is 19.9 Å². The van der Waals surface area contributed by atoms with Crippen molar-refractivity contribution in [1.82, 2.24) is 10.6 Å². The van der Waals surface area contributed by atoms with Gasteiger partial charge >= 0.3 is 0 Å². The lowest BCUT2D eigenvalue weighted by Crippen LogP contribution is -2.56. The summed E-state index contributed by atoms with van der Waals surface area (Å²) in [6, 6.07) is 6.76. The van der Waals surface area contributed by atoms with Gasteiger partial charge in [0.25, 0.3) is 5.91 Å². The van der Waals surface area contributed by atoms with Crippen molar-refractivity contribution < 1.29 is 14.3 Å². The molecule has 1 aromatic carbocycles. The van der Waals surface area contributed by atoms with Crippen LogP contribution in [0.3, 0.4) is 0 Å². The van der Waals surface area contributed by atoms with Crippen molar-refractivity contribution in [3.63, 3.8) is 0 Å². The third-order valence-corrected chi connectivity index (χ3v) is 3.17. The Morgan fingerprint density at radius 2 is 1.85 bits per heavy atom. The predicted octanol–water partition coefficient (Wildman–Crippen LogP) is 1.31. The van der Waals surface area contributed by atoms with Gasteiger partial charge < -0.3 is 15.4 Å². The van der Waals surface area contributed by atoms with E-state index in [1.807, 2.05) is 26.0 Å². The Morgan fingerprint density at radius 3 is 2.40 bits per heavy atom. The van der Waals surface area contributed by atoms with E-state index in [9.17, 15) is 9.59 Å². The summed E-state index contributed by atoms with van der Waals surface area (Å²) in [7, 11) is 1.59. The Labute approximate surface area is 118 Å². The summed E-state index contributed by atoms with van der Waals surface area (Å²) < 4.78 is 5.07. The number of ether oxygens (including phenoxy) is 1. The zero-order valence-corrected chi connectivity index (χ0v) is 11.8. The second kappa shape index (κ2) is 5.77. The van der Waals surface area contributed by atoms with Crippen molar-refractivity contribution in [2.75, 3.05) is 7.11 Å². The molecule has 5 heteroatoms. The largest absolute Gasteiger partial charge is 0.497 e. The Hall–Kier alpha value is -2.30. The number of nitrogens with one attached hydrogen (secondary N) is 2. The first-order valence-corrected chi connectivity index (χ1v) is 6.48. The molecule has 5 nitrogen and oxygen atoms in total. The number of amides is 2. The summed E-state index contributed by atoms with van der Waals surface area (Å²) in [5.74, 6) is 0.351. The summed E-state index contributed by atoms with van der Waals surface area (Å²) in [6.07, 6.45) is 1.64. The van der Waals surface area contributed by atoms with E-state index in [-0.39, 0.29) is 23.4 Å². The van der Waals surface area contributed by atoms with Crippen LogP contribution in [0.4, 0.5) is 0 Å². The van der Waals surface area contributed by atoms with E-state index in [0.717, 1.165) is 11.3 Å². The van der Waals surface area contributed by atoms with Crippen LogP contribution < -0.4 is 15.4 Å². The van der Waals surface area contributed by atoms with E-state index in [4.69, 9.17) is 4.74 Å². The predicted molar refractivity (Wildman–Crippen MR) is 75.9 cm³/mol. The molecule has 0 unspecified atom stereocenters. The van der Waals surface area contributed by atoms with Gasteiger partial charge in [0, 0.05) is 0 Å². The molecule has 0 saturated carbocycles. The lowest BCUT2D eigenvalue weighted by molar-refractivity contribution is -0.132. The number of hydrogen-bond donors (Lipinski definition) is 2. The fourth-order valence-electron chi connectivity index (χ4n) is 1.99. The van der Waals surface area contributed by atoms with E-state index >= 15 is 0 Å². The number of carbonyl (C=O) groups excluding carboxylic acids is 2. The van der Waals surface area contributed by atoms with Crippen molar-refractivity contribution in [1.29, 1.82) is 0 Å². The number of benzene rings is 1. The molecule has 2 N–H and O–H groups in total. The molecule has 1 heterocycles. The molecule has 1 saturated heterocycles. The molecule has 2 amide bonds. The van der Waals surface area contributed by atoms with Crippen LogP contribution in [-0.4, -0.2) is 25.0 Å². The molecule has 1 aliphatic rings. The molecular formula is C15H18N2O3. The summed E-state index contributed by atoms with van der Waals surface area (Å²) in [5, 5.41) is 5.37. The summed E-state index contributed by atoms with van der Waals surface area (Å²) in [4.78, 5) is 23.9. The summed E-state index contributed by atoms with van der Waals surface area (Å²) in [6.45, 7) is 3.78. The molecule has 0 aliphatic carbocycles. The maximum Gasteiger partial charge on any atom is 0.268 e. The van der Waals surface area contributed by atoms with Crippen molar-refractivity contribution in [3.05, 3.63) is 35.5 Å². The zero-order chi connectivity index (χ0) is 14.7. The van der Waals surface area contributed by atoms with E-state index in [1.165, 1.54) is 0 Å². The molecule has 1 atom stereocenters. The fourth-order valence-corrected chi connectivity index (χ4v) is 1.99. The zero-order valence-electron chi connectivity index (χ0n) is 11.8. The summed E-state index contributed by atoms with van der Waals surface area (Å²) >= 11 is 0. The SMILES string of the molecule is COc1ccc(/C=C2/NC(=O)[C@H](C(C)C)NC2=O)cc1. The summed E-state index contributed by atoms with van der Waals surface area (Å²) in [5.41, 5.74) is 1.08. The smallest absolute Gasteiger partial charge is 0.268 e. The Kier molecular flexibility index (Phi) is 4.08. The van der Waals surface area contributed by atoms with Gasteiger partial charge in [0.2, 0.25) is 5.91 Å². The van der Waals surface area contributed by atoms with Gasteiger partial charge in [-0.05, 0) is 29.7 Å². The normalized spacial score (nSPS) is 20.8. The number of carbonyl (C=O) groups is 2. The molecule has 1 fully saturated rings. The first-order valence-electron chi connectivity index (χ1n) is 6.48. The minimum atomic E-state index is -0.476.